The van der Waals surface area contributed by atoms with E-state index in [0.717, 1.165) is 51.9 Å². The van der Waals surface area contributed by atoms with Gasteiger partial charge in [0.1, 0.15) is 0 Å². The Bertz CT molecular complexity index is 791. The molecule has 4 heterocycles. The molecule has 0 radical (unpaired) electrons. The summed E-state index contributed by atoms with van der Waals surface area (Å²) in [6.45, 7) is 7.40. The molecule has 0 bridgehead atoms. The van der Waals surface area contributed by atoms with Crippen LogP contribution in [0.2, 0.25) is 0 Å². The fraction of sp³-hybridized carbons (Fsp3) is 0.571. The van der Waals surface area contributed by atoms with Crippen molar-refractivity contribution in [1.29, 1.82) is 0 Å². The molecular formula is C21H28N4O2. The van der Waals surface area contributed by atoms with Crippen LogP contribution in [0.25, 0.3) is 5.52 Å². The lowest BCUT2D eigenvalue weighted by molar-refractivity contribution is 0.0668. The number of hydrogen-bond donors (Lipinski definition) is 0. The summed E-state index contributed by atoms with van der Waals surface area (Å²) in [6.07, 6.45) is 6.19. The first-order valence-electron chi connectivity index (χ1n) is 10.1. The van der Waals surface area contributed by atoms with Gasteiger partial charge in [0.25, 0.3) is 11.8 Å². The Kier molecular flexibility index (Phi) is 4.89. The van der Waals surface area contributed by atoms with Crippen molar-refractivity contribution in [2.75, 3.05) is 26.2 Å². The van der Waals surface area contributed by atoms with Crippen LogP contribution >= 0.6 is 0 Å². The molecule has 4 rings (SSSR count). The van der Waals surface area contributed by atoms with Gasteiger partial charge in [0.2, 0.25) is 5.82 Å². The quantitative estimate of drug-likeness (QED) is 0.818. The fourth-order valence-corrected chi connectivity index (χ4v) is 4.38. The van der Waals surface area contributed by atoms with Gasteiger partial charge in [-0.05, 0) is 49.7 Å². The van der Waals surface area contributed by atoms with Gasteiger partial charge in [-0.3, -0.25) is 14.0 Å². The maximum absolute atomic E-state index is 13.1. The van der Waals surface area contributed by atoms with Crippen LogP contribution in [0.4, 0.5) is 0 Å². The highest BCUT2D eigenvalue weighted by molar-refractivity contribution is 6.02. The van der Waals surface area contributed by atoms with Crippen LogP contribution in [-0.4, -0.2) is 57.2 Å². The molecule has 6 heteroatoms. The summed E-state index contributed by atoms with van der Waals surface area (Å²) in [6, 6.07) is 5.65. The maximum Gasteiger partial charge on any atom is 0.290 e. The number of hydrogen-bond acceptors (Lipinski definition) is 3. The summed E-state index contributed by atoms with van der Waals surface area (Å²) in [5.41, 5.74) is 1.12. The number of amides is 2. The van der Waals surface area contributed by atoms with Gasteiger partial charge in [0.15, 0.2) is 5.69 Å². The van der Waals surface area contributed by atoms with Gasteiger partial charge >= 0.3 is 0 Å². The minimum absolute atomic E-state index is 0.0590. The van der Waals surface area contributed by atoms with Crippen LogP contribution in [0, 0.1) is 11.8 Å². The van der Waals surface area contributed by atoms with E-state index in [2.05, 4.69) is 18.8 Å². The average Bonchev–Trinajstić information content (AvgIpc) is 3.06. The number of carbonyl (C=O) groups is 2. The molecule has 0 saturated carbocycles. The van der Waals surface area contributed by atoms with E-state index in [0.29, 0.717) is 28.9 Å². The Labute approximate surface area is 160 Å². The molecule has 2 unspecified atom stereocenters. The van der Waals surface area contributed by atoms with Gasteiger partial charge in [-0.25, -0.2) is 4.98 Å². The van der Waals surface area contributed by atoms with Crippen molar-refractivity contribution in [3.8, 4) is 0 Å². The average molecular weight is 368 g/mol. The number of likely N-dealkylation sites (tertiary alicyclic amines) is 2. The maximum atomic E-state index is 13.1. The number of nitrogens with zero attached hydrogens (tertiary/aromatic N) is 4. The SMILES string of the molecule is CC1CCCN(C(=O)c2nc(C(=O)N3CCCC(C)C3)n3ccccc23)C1. The summed E-state index contributed by atoms with van der Waals surface area (Å²) >= 11 is 0. The first kappa shape index (κ1) is 18.0. The lowest BCUT2D eigenvalue weighted by Gasteiger charge is -2.30. The molecule has 2 atom stereocenters. The Morgan fingerprint density at radius 1 is 0.963 bits per heavy atom. The van der Waals surface area contributed by atoms with E-state index in [1.54, 1.807) is 4.40 Å². The predicted molar refractivity (Wildman–Crippen MR) is 104 cm³/mol. The third-order valence-electron chi connectivity index (χ3n) is 5.83. The Balaban J connectivity index is 1.68. The van der Waals surface area contributed by atoms with Crippen molar-refractivity contribution in [1.82, 2.24) is 19.2 Å². The summed E-state index contributed by atoms with van der Waals surface area (Å²) in [7, 11) is 0. The third-order valence-corrected chi connectivity index (χ3v) is 5.83. The zero-order valence-corrected chi connectivity index (χ0v) is 16.2. The van der Waals surface area contributed by atoms with Gasteiger partial charge in [-0.15, -0.1) is 0 Å². The van der Waals surface area contributed by atoms with Crippen molar-refractivity contribution in [3.05, 3.63) is 35.9 Å². The monoisotopic (exact) mass is 368 g/mol. The molecule has 0 aromatic carbocycles. The van der Waals surface area contributed by atoms with E-state index in [1.165, 1.54) is 0 Å². The minimum Gasteiger partial charge on any atom is -0.337 e. The normalized spacial score (nSPS) is 23.6. The second-order valence-electron chi connectivity index (χ2n) is 8.24. The molecule has 27 heavy (non-hydrogen) atoms. The minimum atomic E-state index is -0.0752. The summed E-state index contributed by atoms with van der Waals surface area (Å²) in [4.78, 5) is 34.6. The Morgan fingerprint density at radius 2 is 1.59 bits per heavy atom. The standard InChI is InChI=1S/C21H28N4O2/c1-15-7-5-10-23(13-15)20(26)18-17-9-3-4-12-25(17)19(22-18)21(27)24-11-6-8-16(2)14-24/h3-4,9,12,15-16H,5-8,10-11,13-14H2,1-2H3. The molecular weight excluding hydrogens is 340 g/mol. The number of carbonyl (C=O) groups excluding carboxylic acids is 2. The van der Waals surface area contributed by atoms with Crippen molar-refractivity contribution < 1.29 is 9.59 Å². The number of rotatable bonds is 2. The molecule has 0 aliphatic carbocycles. The lowest BCUT2D eigenvalue weighted by Crippen LogP contribution is -2.40. The largest absolute Gasteiger partial charge is 0.337 e. The Morgan fingerprint density at radius 3 is 2.22 bits per heavy atom. The molecule has 0 N–H and O–H groups in total. The first-order chi connectivity index (χ1) is 13.0. The molecule has 2 aliphatic rings. The van der Waals surface area contributed by atoms with E-state index < -0.39 is 0 Å². The summed E-state index contributed by atoms with van der Waals surface area (Å²) in [5, 5.41) is 0. The Hall–Kier alpha value is -2.37. The van der Waals surface area contributed by atoms with Crippen LogP contribution in [0.1, 0.15) is 60.6 Å². The van der Waals surface area contributed by atoms with E-state index in [9.17, 15) is 9.59 Å². The van der Waals surface area contributed by atoms with E-state index in [-0.39, 0.29) is 11.8 Å². The van der Waals surface area contributed by atoms with Crippen LogP contribution in [0.15, 0.2) is 24.4 Å². The lowest BCUT2D eigenvalue weighted by atomic mass is 10.00. The second-order valence-corrected chi connectivity index (χ2v) is 8.24. The molecule has 2 fully saturated rings. The molecule has 2 aromatic heterocycles. The molecule has 2 amide bonds. The van der Waals surface area contributed by atoms with E-state index in [1.807, 2.05) is 34.2 Å². The highest BCUT2D eigenvalue weighted by Crippen LogP contribution is 2.23. The molecule has 2 aromatic rings. The smallest absolute Gasteiger partial charge is 0.290 e. The number of piperidine rings is 2. The van der Waals surface area contributed by atoms with Crippen molar-refractivity contribution in [2.45, 2.75) is 39.5 Å². The van der Waals surface area contributed by atoms with Gasteiger partial charge in [-0.2, -0.15) is 0 Å². The topological polar surface area (TPSA) is 57.9 Å². The first-order valence-corrected chi connectivity index (χ1v) is 10.1. The second kappa shape index (κ2) is 7.33. The third kappa shape index (κ3) is 3.45. The van der Waals surface area contributed by atoms with Crippen molar-refractivity contribution >= 4 is 17.3 Å². The number of fused-ring (bicyclic) bond motifs is 1. The fourth-order valence-electron chi connectivity index (χ4n) is 4.38. The zero-order chi connectivity index (χ0) is 19.0. The highest BCUT2D eigenvalue weighted by atomic mass is 16.2. The van der Waals surface area contributed by atoms with Crippen LogP contribution < -0.4 is 0 Å². The van der Waals surface area contributed by atoms with E-state index >= 15 is 0 Å². The number of imidazole rings is 1. The summed E-state index contributed by atoms with van der Waals surface area (Å²) in [5.74, 6) is 1.23. The van der Waals surface area contributed by atoms with Crippen LogP contribution in [0.3, 0.4) is 0 Å². The molecule has 144 valence electrons. The highest BCUT2D eigenvalue weighted by Gasteiger charge is 2.30. The van der Waals surface area contributed by atoms with Gasteiger partial charge in [0, 0.05) is 32.4 Å². The van der Waals surface area contributed by atoms with Gasteiger partial charge in [-0.1, -0.05) is 19.9 Å². The zero-order valence-electron chi connectivity index (χ0n) is 16.2. The molecule has 0 spiro atoms. The van der Waals surface area contributed by atoms with Crippen LogP contribution in [0.5, 0.6) is 0 Å². The number of aromatic nitrogens is 2. The van der Waals surface area contributed by atoms with Crippen molar-refractivity contribution in [3.63, 3.8) is 0 Å². The predicted octanol–water partition coefficient (Wildman–Crippen LogP) is 3.08. The summed E-state index contributed by atoms with van der Waals surface area (Å²) < 4.78 is 1.78. The van der Waals surface area contributed by atoms with Gasteiger partial charge in [0.05, 0.1) is 5.52 Å². The molecule has 6 nitrogen and oxygen atoms in total. The van der Waals surface area contributed by atoms with Crippen LogP contribution in [-0.2, 0) is 0 Å². The molecule has 2 aliphatic heterocycles. The number of pyridine rings is 1. The van der Waals surface area contributed by atoms with E-state index in [4.69, 9.17) is 0 Å². The van der Waals surface area contributed by atoms with Crippen molar-refractivity contribution in [2.24, 2.45) is 11.8 Å². The van der Waals surface area contributed by atoms with Gasteiger partial charge < -0.3 is 9.80 Å². The molecule has 2 saturated heterocycles.